The molecule has 5 heteroatoms. The van der Waals surface area contributed by atoms with Crippen LogP contribution >= 0.6 is 0 Å². The first-order chi connectivity index (χ1) is 13.1. The predicted molar refractivity (Wildman–Crippen MR) is 112 cm³/mol. The average molecular weight is 380 g/mol. The van der Waals surface area contributed by atoms with Crippen LogP contribution in [-0.2, 0) is 10.2 Å². The maximum Gasteiger partial charge on any atom is 0.265 e. The lowest BCUT2D eigenvalue weighted by molar-refractivity contribution is -0.121. The molecule has 1 heterocycles. The Hall–Kier alpha value is -2.82. The van der Waals surface area contributed by atoms with Crippen LogP contribution in [0.3, 0.4) is 0 Å². The lowest BCUT2D eigenvalue weighted by Crippen LogP contribution is -2.40. The molecule has 0 fully saturated rings. The highest BCUT2D eigenvalue weighted by molar-refractivity contribution is 6.05. The number of benzene rings is 2. The molecule has 2 amide bonds. The predicted octanol–water partition coefficient (Wildman–Crippen LogP) is 4.62. The van der Waals surface area contributed by atoms with Crippen molar-refractivity contribution in [1.29, 1.82) is 0 Å². The molecule has 0 radical (unpaired) electrons. The number of rotatable bonds is 4. The minimum Gasteiger partial charge on any atom is -0.481 e. The Balaban J connectivity index is 1.77. The lowest BCUT2D eigenvalue weighted by Gasteiger charge is -2.31. The number of hydrogen-bond acceptors (Lipinski definition) is 3. The van der Waals surface area contributed by atoms with Crippen LogP contribution < -0.4 is 15.0 Å². The van der Waals surface area contributed by atoms with Crippen LogP contribution in [0.1, 0.15) is 50.5 Å². The third kappa shape index (κ3) is 4.35. The summed E-state index contributed by atoms with van der Waals surface area (Å²) in [5, 5.41) is 2.91. The molecule has 1 aliphatic heterocycles. The number of hydrogen-bond donors (Lipinski definition) is 1. The number of carbonyl (C=O) groups excluding carboxylic acids is 2. The Morgan fingerprint density at radius 3 is 2.43 bits per heavy atom. The third-order valence-electron chi connectivity index (χ3n) is 4.72. The van der Waals surface area contributed by atoms with Gasteiger partial charge in [0.2, 0.25) is 0 Å². The van der Waals surface area contributed by atoms with Gasteiger partial charge in [0.15, 0.2) is 6.61 Å². The first-order valence-electron chi connectivity index (χ1n) is 9.64. The van der Waals surface area contributed by atoms with E-state index >= 15 is 0 Å². The molecule has 0 saturated heterocycles. The van der Waals surface area contributed by atoms with E-state index in [1.807, 2.05) is 30.3 Å². The van der Waals surface area contributed by atoms with Gasteiger partial charge >= 0.3 is 0 Å². The highest BCUT2D eigenvalue weighted by atomic mass is 16.5. The van der Waals surface area contributed by atoms with Gasteiger partial charge in [-0.1, -0.05) is 46.8 Å². The maximum absolute atomic E-state index is 12.6. The molecule has 148 valence electrons. The summed E-state index contributed by atoms with van der Waals surface area (Å²) in [5.41, 5.74) is 3.22. The first kappa shape index (κ1) is 19.9. The molecule has 0 unspecified atom stereocenters. The van der Waals surface area contributed by atoms with Crippen molar-refractivity contribution in [2.24, 2.45) is 5.92 Å². The van der Waals surface area contributed by atoms with Crippen LogP contribution in [0.15, 0.2) is 42.5 Å². The van der Waals surface area contributed by atoms with Crippen LogP contribution in [0.2, 0.25) is 0 Å². The van der Waals surface area contributed by atoms with E-state index in [0.717, 1.165) is 5.69 Å². The molecule has 2 aromatic rings. The number of nitrogens with one attached hydrogen (secondary N) is 1. The fourth-order valence-electron chi connectivity index (χ4n) is 3.17. The van der Waals surface area contributed by atoms with Gasteiger partial charge in [-0.05, 0) is 41.2 Å². The van der Waals surface area contributed by atoms with Gasteiger partial charge in [-0.3, -0.25) is 9.59 Å². The molecule has 0 aliphatic carbocycles. The Morgan fingerprint density at radius 1 is 1.14 bits per heavy atom. The second-order valence-electron chi connectivity index (χ2n) is 8.65. The van der Waals surface area contributed by atoms with Crippen molar-refractivity contribution >= 4 is 23.2 Å². The smallest absolute Gasteiger partial charge is 0.265 e. The molecule has 0 spiro atoms. The summed E-state index contributed by atoms with van der Waals surface area (Å²) >= 11 is 0. The Kier molecular flexibility index (Phi) is 5.45. The summed E-state index contributed by atoms with van der Waals surface area (Å²) in [6, 6.07) is 13.1. The van der Waals surface area contributed by atoms with Crippen LogP contribution in [-0.4, -0.2) is 25.0 Å². The van der Waals surface area contributed by atoms with Gasteiger partial charge in [-0.25, -0.2) is 0 Å². The van der Waals surface area contributed by atoms with Gasteiger partial charge in [0.25, 0.3) is 11.8 Å². The molecule has 1 aliphatic rings. The van der Waals surface area contributed by atoms with Crippen LogP contribution in [0.25, 0.3) is 0 Å². The van der Waals surface area contributed by atoms with E-state index in [0.29, 0.717) is 29.5 Å². The quantitative estimate of drug-likeness (QED) is 0.842. The number of nitrogens with zero attached hydrogens (tertiary/aromatic N) is 1. The topological polar surface area (TPSA) is 58.6 Å². The van der Waals surface area contributed by atoms with Gasteiger partial charge in [0.05, 0.1) is 5.69 Å². The molecular weight excluding hydrogens is 352 g/mol. The van der Waals surface area contributed by atoms with E-state index in [1.165, 1.54) is 5.56 Å². The van der Waals surface area contributed by atoms with E-state index in [2.05, 4.69) is 39.9 Å². The average Bonchev–Trinajstić information content (AvgIpc) is 2.63. The summed E-state index contributed by atoms with van der Waals surface area (Å²) < 4.78 is 5.59. The van der Waals surface area contributed by atoms with Crippen LogP contribution in [0.4, 0.5) is 11.4 Å². The number of fused-ring (bicyclic) bond motifs is 1. The van der Waals surface area contributed by atoms with Crippen molar-refractivity contribution in [2.75, 3.05) is 23.4 Å². The highest BCUT2D eigenvalue weighted by Gasteiger charge is 2.26. The Labute approximate surface area is 166 Å². The highest BCUT2D eigenvalue weighted by Crippen LogP contribution is 2.35. The minimum absolute atomic E-state index is 0.0192. The van der Waals surface area contributed by atoms with E-state index in [9.17, 15) is 9.59 Å². The number of carbonyl (C=O) groups is 2. The number of ether oxygens (including phenoxy) is 1. The van der Waals surface area contributed by atoms with Gasteiger partial charge in [-0.2, -0.15) is 0 Å². The Bertz CT molecular complexity index is 880. The van der Waals surface area contributed by atoms with Crippen molar-refractivity contribution in [3.05, 3.63) is 53.6 Å². The van der Waals surface area contributed by atoms with Gasteiger partial charge in [-0.15, -0.1) is 0 Å². The molecule has 0 atom stereocenters. The summed E-state index contributed by atoms with van der Waals surface area (Å²) in [4.78, 5) is 26.5. The molecule has 0 aromatic heterocycles. The van der Waals surface area contributed by atoms with E-state index < -0.39 is 0 Å². The summed E-state index contributed by atoms with van der Waals surface area (Å²) in [7, 11) is 0. The monoisotopic (exact) mass is 380 g/mol. The fourth-order valence-corrected chi connectivity index (χ4v) is 3.17. The Morgan fingerprint density at radius 2 is 1.82 bits per heavy atom. The molecule has 2 aromatic carbocycles. The molecule has 3 rings (SSSR count). The molecule has 1 N–H and O–H groups in total. The van der Waals surface area contributed by atoms with Crippen molar-refractivity contribution in [2.45, 2.75) is 40.0 Å². The van der Waals surface area contributed by atoms with Crippen LogP contribution in [0, 0.1) is 5.92 Å². The molecule has 0 saturated carbocycles. The normalized spacial score (nSPS) is 13.9. The van der Waals surface area contributed by atoms with Crippen LogP contribution in [0.5, 0.6) is 5.75 Å². The first-order valence-corrected chi connectivity index (χ1v) is 9.64. The van der Waals surface area contributed by atoms with E-state index in [4.69, 9.17) is 4.74 Å². The van der Waals surface area contributed by atoms with Gasteiger partial charge < -0.3 is 15.0 Å². The molecule has 0 bridgehead atoms. The largest absolute Gasteiger partial charge is 0.481 e. The zero-order valence-electron chi connectivity index (χ0n) is 17.2. The third-order valence-corrected chi connectivity index (χ3v) is 4.72. The second-order valence-corrected chi connectivity index (χ2v) is 8.65. The maximum atomic E-state index is 12.6. The fraction of sp³-hybridized carbons (Fsp3) is 0.391. The van der Waals surface area contributed by atoms with Crippen molar-refractivity contribution < 1.29 is 14.3 Å². The minimum atomic E-state index is -0.175. The van der Waals surface area contributed by atoms with Gasteiger partial charge in [0, 0.05) is 23.9 Å². The zero-order chi connectivity index (χ0) is 20.5. The summed E-state index contributed by atoms with van der Waals surface area (Å²) in [6.07, 6.45) is 0. The van der Waals surface area contributed by atoms with Gasteiger partial charge in [0.1, 0.15) is 5.75 Å². The molecule has 5 nitrogen and oxygen atoms in total. The molecular formula is C23H28N2O3. The summed E-state index contributed by atoms with van der Waals surface area (Å²) in [5.74, 6) is 0.745. The second kappa shape index (κ2) is 7.66. The standard InChI is InChI=1S/C23H28N2O3/c1-15(2)13-25-19-11-10-18(12-20(19)28-14-21(25)26)24-22(27)16-6-8-17(9-7-16)23(3,4)5/h6-12,15H,13-14H2,1-5H3,(H,24,27). The summed E-state index contributed by atoms with van der Waals surface area (Å²) in [6.45, 7) is 11.2. The van der Waals surface area contributed by atoms with Crippen molar-refractivity contribution in [3.63, 3.8) is 0 Å². The number of anilines is 2. The SMILES string of the molecule is CC(C)CN1C(=O)COc2cc(NC(=O)c3ccc(C(C)(C)C)cc3)ccc21. The van der Waals surface area contributed by atoms with E-state index in [1.54, 1.807) is 17.0 Å². The number of amides is 2. The van der Waals surface area contributed by atoms with Crippen molar-refractivity contribution in [3.8, 4) is 5.75 Å². The molecule has 28 heavy (non-hydrogen) atoms. The van der Waals surface area contributed by atoms with Crippen molar-refractivity contribution in [1.82, 2.24) is 0 Å². The zero-order valence-corrected chi connectivity index (χ0v) is 17.2. The lowest BCUT2D eigenvalue weighted by atomic mass is 9.87. The van der Waals surface area contributed by atoms with E-state index in [-0.39, 0.29) is 23.8 Å².